The summed E-state index contributed by atoms with van der Waals surface area (Å²) >= 11 is 1.28. The Morgan fingerprint density at radius 1 is 0.785 bits per heavy atom. The van der Waals surface area contributed by atoms with E-state index in [9.17, 15) is 19.2 Å². The van der Waals surface area contributed by atoms with Gasteiger partial charge in [0.25, 0.3) is 0 Å². The van der Waals surface area contributed by atoms with E-state index in [-0.39, 0.29) is 12.5 Å². The molecule has 5 aromatic carbocycles. The Morgan fingerprint density at radius 3 is 1.83 bits per heavy atom. The number of likely N-dealkylation sites (tertiary alicyclic amines) is 1. The summed E-state index contributed by atoms with van der Waals surface area (Å²) in [6, 6.07) is 46.7. The molecule has 2 fully saturated rings. The van der Waals surface area contributed by atoms with Gasteiger partial charge in [-0.1, -0.05) is 152 Å². The third-order valence-corrected chi connectivity index (χ3v) is 12.9. The van der Waals surface area contributed by atoms with Gasteiger partial charge in [-0.3, -0.25) is 9.59 Å². The number of amides is 3. The fraction of sp³-hybridized carbons (Fsp3) is 0.235. The zero-order chi connectivity index (χ0) is 45.1. The number of nitrogens with one attached hydrogen (secondary N) is 1. The number of esters is 1. The van der Waals surface area contributed by atoms with Crippen molar-refractivity contribution in [3.63, 3.8) is 0 Å². The van der Waals surface area contributed by atoms with Crippen LogP contribution in [-0.4, -0.2) is 83.5 Å². The summed E-state index contributed by atoms with van der Waals surface area (Å²) in [4.78, 5) is 59.2. The van der Waals surface area contributed by atoms with Crippen LogP contribution in [0.5, 0.6) is 0 Å². The number of ether oxygens (including phenoxy) is 2. The second-order valence-corrected chi connectivity index (χ2v) is 18.0. The molecule has 9 rings (SSSR count). The van der Waals surface area contributed by atoms with E-state index in [1.54, 1.807) is 37.2 Å². The average molecular weight is 886 g/mol. The predicted molar refractivity (Wildman–Crippen MR) is 245 cm³/mol. The van der Waals surface area contributed by atoms with Crippen molar-refractivity contribution in [1.82, 2.24) is 35.3 Å². The number of tetrazole rings is 1. The van der Waals surface area contributed by atoms with Crippen LogP contribution in [0, 0.1) is 0 Å². The number of nitrogens with zero attached hydrogens (tertiary/aromatic N) is 6. The molecule has 3 amide bonds. The van der Waals surface area contributed by atoms with Gasteiger partial charge in [-0.15, -0.1) is 16.9 Å². The number of fused-ring (bicyclic) bond motifs is 1. The van der Waals surface area contributed by atoms with Crippen LogP contribution in [0.1, 0.15) is 66.9 Å². The number of β-lactam (4-membered cyclic amide) rings is 1. The first kappa shape index (κ1) is 43.0. The maximum absolute atomic E-state index is 14.7. The van der Waals surface area contributed by atoms with Crippen LogP contribution < -0.4 is 5.32 Å². The SMILES string of the molecule is CC(C)(C)OC(=O)N[C@@H]1C(=O)N2[C@@H](C(=O)OC(c3ccccc3)c3ccccc3)C(/C=C3\CCN(Cc4nnnn4C(c4ccccc4)(c4ccccc4)c4ccccc4)C3=O)=CS[C@H]12. The number of alkyl carbamates (subject to hydrolysis) is 1. The summed E-state index contributed by atoms with van der Waals surface area (Å²) in [6.07, 6.45) is 0.534. The van der Waals surface area contributed by atoms with Crippen LogP contribution in [0.25, 0.3) is 0 Å². The first-order valence-electron chi connectivity index (χ1n) is 21.4. The zero-order valence-corrected chi connectivity index (χ0v) is 36.9. The van der Waals surface area contributed by atoms with E-state index < -0.39 is 52.7 Å². The maximum atomic E-state index is 14.7. The molecule has 13 nitrogen and oxygen atoms in total. The fourth-order valence-corrected chi connectivity index (χ4v) is 9.96. The molecule has 0 bridgehead atoms. The van der Waals surface area contributed by atoms with Crippen molar-refractivity contribution in [2.45, 2.75) is 68.4 Å². The monoisotopic (exact) mass is 885 g/mol. The first-order valence-corrected chi connectivity index (χ1v) is 22.4. The molecule has 0 saturated carbocycles. The molecule has 14 heteroatoms. The lowest BCUT2D eigenvalue weighted by molar-refractivity contribution is -0.164. The number of rotatable bonds is 12. The lowest BCUT2D eigenvalue weighted by Gasteiger charge is -2.51. The molecule has 0 unspecified atom stereocenters. The van der Waals surface area contributed by atoms with E-state index in [0.717, 1.165) is 27.8 Å². The van der Waals surface area contributed by atoms with Gasteiger partial charge in [-0.2, -0.15) is 0 Å². The first-order chi connectivity index (χ1) is 31.5. The van der Waals surface area contributed by atoms with Crippen molar-refractivity contribution in [1.29, 1.82) is 0 Å². The number of aromatic nitrogens is 4. The largest absolute Gasteiger partial charge is 0.451 e. The van der Waals surface area contributed by atoms with Gasteiger partial charge in [0.05, 0.1) is 6.54 Å². The van der Waals surface area contributed by atoms with Crippen molar-refractivity contribution in [3.05, 3.63) is 208 Å². The molecule has 2 saturated heterocycles. The Kier molecular flexibility index (Phi) is 11.9. The Bertz CT molecular complexity index is 2610. The van der Waals surface area contributed by atoms with Gasteiger partial charge in [0.1, 0.15) is 22.6 Å². The highest BCUT2D eigenvalue weighted by Gasteiger charge is 2.57. The van der Waals surface area contributed by atoms with Gasteiger partial charge in [0.15, 0.2) is 18.0 Å². The number of carbonyl (C=O) groups is 4. The van der Waals surface area contributed by atoms with Crippen LogP contribution in [0.4, 0.5) is 4.79 Å². The minimum atomic E-state index is -1.22. The molecule has 1 aromatic heterocycles. The van der Waals surface area contributed by atoms with Gasteiger partial charge in [-0.25, -0.2) is 14.3 Å². The molecule has 3 atom stereocenters. The molecular weight excluding hydrogens is 839 g/mol. The smallest absolute Gasteiger partial charge is 0.408 e. The molecule has 3 aliphatic heterocycles. The van der Waals surface area contributed by atoms with Gasteiger partial charge in [0, 0.05) is 12.1 Å². The summed E-state index contributed by atoms with van der Waals surface area (Å²) in [5, 5.41) is 17.2. The number of hydrogen-bond acceptors (Lipinski definition) is 10. The highest BCUT2D eigenvalue weighted by atomic mass is 32.2. The minimum Gasteiger partial charge on any atom is -0.451 e. The molecule has 0 spiro atoms. The van der Waals surface area contributed by atoms with Crippen LogP contribution >= 0.6 is 11.8 Å². The third-order valence-electron chi connectivity index (χ3n) is 11.7. The molecule has 3 aliphatic rings. The molecule has 0 aliphatic carbocycles. The average Bonchev–Trinajstić information content (AvgIpc) is 3.93. The van der Waals surface area contributed by atoms with Gasteiger partial charge >= 0.3 is 12.1 Å². The number of benzene rings is 5. The van der Waals surface area contributed by atoms with Crippen molar-refractivity contribution in [2.75, 3.05) is 6.54 Å². The minimum absolute atomic E-state index is 0.0945. The van der Waals surface area contributed by atoms with Crippen molar-refractivity contribution >= 4 is 35.6 Å². The maximum Gasteiger partial charge on any atom is 0.408 e. The fourth-order valence-electron chi connectivity index (χ4n) is 8.77. The van der Waals surface area contributed by atoms with Gasteiger partial charge in [-0.05, 0) is 82.5 Å². The lowest BCUT2D eigenvalue weighted by Crippen LogP contribution is -2.74. The molecule has 65 heavy (non-hydrogen) atoms. The number of hydrogen-bond donors (Lipinski definition) is 1. The summed E-state index contributed by atoms with van der Waals surface area (Å²) in [5.41, 5.74) is 3.39. The van der Waals surface area contributed by atoms with E-state index in [2.05, 4.69) is 57.2 Å². The van der Waals surface area contributed by atoms with Crippen LogP contribution in [-0.2, 0) is 35.9 Å². The third kappa shape index (κ3) is 8.44. The second-order valence-electron chi connectivity index (χ2n) is 17.0. The van der Waals surface area contributed by atoms with E-state index in [0.29, 0.717) is 29.9 Å². The highest BCUT2D eigenvalue weighted by Crippen LogP contribution is 2.44. The Morgan fingerprint density at radius 2 is 1.31 bits per heavy atom. The molecule has 1 N–H and O–H groups in total. The van der Waals surface area contributed by atoms with E-state index >= 15 is 0 Å². The zero-order valence-electron chi connectivity index (χ0n) is 36.1. The van der Waals surface area contributed by atoms with Crippen LogP contribution in [0.15, 0.2) is 174 Å². The van der Waals surface area contributed by atoms with Crippen LogP contribution in [0.2, 0.25) is 0 Å². The standard InChI is InChI=1S/C51H47N7O6S/c1-50(2,3)64-49(62)52-42-46(60)57-43(48(61)63-44(34-19-9-4-10-20-34)35-21-11-5-12-22-35)37(33-65-47(42)57)31-36-29-30-56(45(36)59)32-41-53-54-55-58(41)51(38-23-13-6-14-24-38,39-25-15-7-16-26-39)40-27-17-8-18-28-40/h4-28,31,33,42-44,47H,29-30,32H2,1-3H3,(H,52,62)/b36-31+/t42-,43-,47-/m1/s1. The van der Waals surface area contributed by atoms with Gasteiger partial charge in [0.2, 0.25) is 11.8 Å². The highest BCUT2D eigenvalue weighted by molar-refractivity contribution is 8.03. The quantitative estimate of drug-likeness (QED) is 0.0565. The predicted octanol–water partition coefficient (Wildman–Crippen LogP) is 7.57. The Balaban J connectivity index is 1.04. The number of thioether (sulfide) groups is 1. The summed E-state index contributed by atoms with van der Waals surface area (Å²) in [7, 11) is 0. The number of carbonyl (C=O) groups excluding carboxylic acids is 4. The molecular formula is C51H47N7O6S. The molecule has 0 radical (unpaired) electrons. The van der Waals surface area contributed by atoms with Crippen molar-refractivity contribution in [2.24, 2.45) is 0 Å². The topological polar surface area (TPSA) is 149 Å². The van der Waals surface area contributed by atoms with E-state index in [1.807, 2.05) is 120 Å². The summed E-state index contributed by atoms with van der Waals surface area (Å²) < 4.78 is 13.6. The molecule has 4 heterocycles. The van der Waals surface area contributed by atoms with Crippen LogP contribution in [0.3, 0.4) is 0 Å². The van der Waals surface area contributed by atoms with Crippen molar-refractivity contribution in [3.8, 4) is 0 Å². The molecule has 6 aromatic rings. The Labute approximate surface area is 381 Å². The van der Waals surface area contributed by atoms with E-state index in [1.165, 1.54) is 16.7 Å². The van der Waals surface area contributed by atoms with E-state index in [4.69, 9.17) is 9.47 Å². The Hall–Kier alpha value is -7.32. The summed E-state index contributed by atoms with van der Waals surface area (Å²) in [5.74, 6) is -0.938. The molecule has 328 valence electrons. The lowest BCUT2D eigenvalue weighted by atomic mass is 9.77. The summed E-state index contributed by atoms with van der Waals surface area (Å²) in [6.45, 7) is 5.67. The second kappa shape index (κ2) is 18.0. The van der Waals surface area contributed by atoms with Gasteiger partial charge < -0.3 is 24.6 Å². The van der Waals surface area contributed by atoms with Crippen molar-refractivity contribution < 1.29 is 28.7 Å². The normalized spacial score (nSPS) is 19.1.